The largest absolute Gasteiger partial charge is 0.393 e. The van der Waals surface area contributed by atoms with Crippen LogP contribution in [0.4, 0.5) is 0 Å². The molecule has 1 fully saturated rings. The number of nitrogens with one attached hydrogen (secondary N) is 1. The lowest BCUT2D eigenvalue weighted by Crippen LogP contribution is -2.44. The van der Waals surface area contributed by atoms with E-state index in [1.165, 1.54) is 4.31 Å². The summed E-state index contributed by atoms with van der Waals surface area (Å²) in [6.45, 7) is 3.98. The molecule has 1 aliphatic carbocycles. The fourth-order valence-corrected chi connectivity index (χ4v) is 3.03. The van der Waals surface area contributed by atoms with Gasteiger partial charge in [-0.25, -0.2) is 4.72 Å². The van der Waals surface area contributed by atoms with Crippen LogP contribution in [0.25, 0.3) is 0 Å². The van der Waals surface area contributed by atoms with Gasteiger partial charge < -0.3 is 5.11 Å². The standard InChI is InChI=1S/C10H22N2O3S/c1-8(2)12(3)16(14,15)11-7-9-5-4-6-10(9)13/h8-11,13H,4-7H2,1-3H3. The van der Waals surface area contributed by atoms with Crippen LogP contribution in [-0.2, 0) is 10.2 Å². The van der Waals surface area contributed by atoms with Crippen LogP contribution in [0, 0.1) is 5.92 Å². The van der Waals surface area contributed by atoms with Crippen molar-refractivity contribution in [2.24, 2.45) is 5.92 Å². The van der Waals surface area contributed by atoms with Gasteiger partial charge in [0.25, 0.3) is 10.2 Å². The Balaban J connectivity index is 2.48. The van der Waals surface area contributed by atoms with Crippen LogP contribution in [0.3, 0.4) is 0 Å². The Labute approximate surface area is 98.0 Å². The average Bonchev–Trinajstić information content (AvgIpc) is 2.60. The van der Waals surface area contributed by atoms with E-state index in [4.69, 9.17) is 0 Å². The van der Waals surface area contributed by atoms with Gasteiger partial charge in [0, 0.05) is 19.6 Å². The zero-order valence-corrected chi connectivity index (χ0v) is 11.0. The Morgan fingerprint density at radius 2 is 2.06 bits per heavy atom. The average molecular weight is 250 g/mol. The summed E-state index contributed by atoms with van der Waals surface area (Å²) in [5.41, 5.74) is 0. The van der Waals surface area contributed by atoms with Crippen LogP contribution >= 0.6 is 0 Å². The molecule has 2 atom stereocenters. The summed E-state index contributed by atoms with van der Waals surface area (Å²) in [4.78, 5) is 0. The van der Waals surface area contributed by atoms with E-state index in [0.29, 0.717) is 6.54 Å². The van der Waals surface area contributed by atoms with Crippen molar-refractivity contribution < 1.29 is 13.5 Å². The van der Waals surface area contributed by atoms with Crippen molar-refractivity contribution in [2.75, 3.05) is 13.6 Å². The van der Waals surface area contributed by atoms with Crippen LogP contribution in [-0.4, -0.2) is 43.6 Å². The van der Waals surface area contributed by atoms with Crippen LogP contribution in [0.5, 0.6) is 0 Å². The molecule has 0 aromatic heterocycles. The van der Waals surface area contributed by atoms with E-state index in [0.717, 1.165) is 19.3 Å². The van der Waals surface area contributed by atoms with Crippen molar-refractivity contribution in [3.8, 4) is 0 Å². The highest BCUT2D eigenvalue weighted by Crippen LogP contribution is 2.24. The highest BCUT2D eigenvalue weighted by atomic mass is 32.2. The number of nitrogens with zero attached hydrogens (tertiary/aromatic N) is 1. The van der Waals surface area contributed by atoms with Gasteiger partial charge >= 0.3 is 0 Å². The van der Waals surface area contributed by atoms with Gasteiger partial charge in [0.15, 0.2) is 0 Å². The minimum atomic E-state index is -3.40. The van der Waals surface area contributed by atoms with Crippen molar-refractivity contribution >= 4 is 10.2 Å². The Bertz CT molecular complexity index is 316. The number of rotatable bonds is 5. The maximum atomic E-state index is 11.8. The van der Waals surface area contributed by atoms with Crippen molar-refractivity contribution in [3.05, 3.63) is 0 Å². The smallest absolute Gasteiger partial charge is 0.279 e. The molecule has 0 radical (unpaired) electrons. The van der Waals surface area contributed by atoms with Crippen LogP contribution in [0.2, 0.25) is 0 Å². The first-order valence-corrected chi connectivity index (χ1v) is 7.19. The van der Waals surface area contributed by atoms with Gasteiger partial charge in [-0.05, 0) is 32.6 Å². The second-order valence-corrected chi connectivity index (χ2v) is 6.54. The van der Waals surface area contributed by atoms with Gasteiger partial charge in [0.2, 0.25) is 0 Å². The highest BCUT2D eigenvalue weighted by Gasteiger charge is 2.28. The van der Waals surface area contributed by atoms with Gasteiger partial charge in [-0.1, -0.05) is 6.42 Å². The third-order valence-electron chi connectivity index (χ3n) is 3.25. The fraction of sp³-hybridized carbons (Fsp3) is 1.00. The van der Waals surface area contributed by atoms with E-state index in [1.54, 1.807) is 7.05 Å². The summed E-state index contributed by atoms with van der Waals surface area (Å²) >= 11 is 0. The maximum absolute atomic E-state index is 11.8. The number of aliphatic hydroxyl groups is 1. The summed E-state index contributed by atoms with van der Waals surface area (Å²) in [5.74, 6) is 0.0651. The second kappa shape index (κ2) is 5.44. The van der Waals surface area contributed by atoms with Crippen LogP contribution in [0.15, 0.2) is 0 Å². The van der Waals surface area contributed by atoms with E-state index in [9.17, 15) is 13.5 Å². The van der Waals surface area contributed by atoms with E-state index in [1.807, 2.05) is 13.8 Å². The number of hydrogen-bond donors (Lipinski definition) is 2. The highest BCUT2D eigenvalue weighted by molar-refractivity contribution is 7.87. The Kier molecular flexibility index (Phi) is 4.73. The van der Waals surface area contributed by atoms with Gasteiger partial charge in [0.1, 0.15) is 0 Å². The van der Waals surface area contributed by atoms with Crippen molar-refractivity contribution in [3.63, 3.8) is 0 Å². The first-order chi connectivity index (χ1) is 7.34. The van der Waals surface area contributed by atoms with E-state index in [-0.39, 0.29) is 18.1 Å². The lowest BCUT2D eigenvalue weighted by atomic mass is 10.1. The van der Waals surface area contributed by atoms with Gasteiger partial charge in [-0.2, -0.15) is 12.7 Å². The zero-order valence-electron chi connectivity index (χ0n) is 10.2. The molecule has 0 aliphatic heterocycles. The molecule has 96 valence electrons. The molecule has 6 heteroatoms. The normalized spacial score (nSPS) is 26.9. The third-order valence-corrected chi connectivity index (χ3v) is 4.96. The first-order valence-electron chi connectivity index (χ1n) is 5.75. The lowest BCUT2D eigenvalue weighted by Gasteiger charge is -2.23. The van der Waals surface area contributed by atoms with Crippen LogP contribution in [0.1, 0.15) is 33.1 Å². The molecule has 1 saturated carbocycles. The summed E-state index contributed by atoms with van der Waals surface area (Å²) < 4.78 is 27.4. The topological polar surface area (TPSA) is 69.6 Å². The molecule has 0 bridgehead atoms. The van der Waals surface area contributed by atoms with Crippen molar-refractivity contribution in [2.45, 2.75) is 45.3 Å². The van der Waals surface area contributed by atoms with Gasteiger partial charge in [0.05, 0.1) is 6.10 Å². The SMILES string of the molecule is CC(C)N(C)S(=O)(=O)NCC1CCCC1O. The van der Waals surface area contributed by atoms with Gasteiger partial charge in [-0.15, -0.1) is 0 Å². The molecule has 1 rings (SSSR count). The van der Waals surface area contributed by atoms with Gasteiger partial charge in [-0.3, -0.25) is 0 Å². The minimum absolute atomic E-state index is 0.0639. The Morgan fingerprint density at radius 3 is 2.50 bits per heavy atom. The summed E-state index contributed by atoms with van der Waals surface area (Å²) in [6.07, 6.45) is 2.31. The molecule has 1 aliphatic rings. The minimum Gasteiger partial charge on any atom is -0.393 e. The summed E-state index contributed by atoms with van der Waals surface area (Å²) in [5, 5.41) is 9.59. The summed E-state index contributed by atoms with van der Waals surface area (Å²) in [6, 6.07) is -0.0639. The van der Waals surface area contributed by atoms with E-state index in [2.05, 4.69) is 4.72 Å². The quantitative estimate of drug-likeness (QED) is 0.738. The molecule has 0 amide bonds. The Morgan fingerprint density at radius 1 is 1.44 bits per heavy atom. The van der Waals surface area contributed by atoms with E-state index >= 15 is 0 Å². The summed E-state index contributed by atoms with van der Waals surface area (Å²) in [7, 11) is -1.84. The number of aliphatic hydroxyl groups excluding tert-OH is 1. The van der Waals surface area contributed by atoms with Crippen LogP contribution < -0.4 is 4.72 Å². The molecule has 2 unspecified atom stereocenters. The molecular weight excluding hydrogens is 228 g/mol. The lowest BCUT2D eigenvalue weighted by molar-refractivity contribution is 0.134. The molecule has 16 heavy (non-hydrogen) atoms. The molecule has 0 heterocycles. The zero-order chi connectivity index (χ0) is 12.3. The predicted octanol–water partition coefficient (Wildman–Crippen LogP) is 0.322. The third kappa shape index (κ3) is 3.41. The molecule has 2 N–H and O–H groups in total. The second-order valence-electron chi connectivity index (χ2n) is 4.72. The predicted molar refractivity (Wildman–Crippen MR) is 63.2 cm³/mol. The molecule has 0 saturated heterocycles. The molecule has 0 spiro atoms. The molecule has 0 aromatic carbocycles. The molecular formula is C10H22N2O3S. The maximum Gasteiger partial charge on any atom is 0.279 e. The van der Waals surface area contributed by atoms with E-state index < -0.39 is 10.2 Å². The fourth-order valence-electron chi connectivity index (χ4n) is 1.85. The Hall–Kier alpha value is -0.170. The monoisotopic (exact) mass is 250 g/mol. The van der Waals surface area contributed by atoms with Crippen molar-refractivity contribution in [1.82, 2.24) is 9.03 Å². The molecule has 0 aromatic rings. The molecule has 5 nitrogen and oxygen atoms in total. The first kappa shape index (κ1) is 13.9. The number of hydrogen-bond acceptors (Lipinski definition) is 3. The van der Waals surface area contributed by atoms with Crippen molar-refractivity contribution in [1.29, 1.82) is 0 Å².